The first-order valence-electron chi connectivity index (χ1n) is 10.6. The molecule has 2 aromatic carbocycles. The number of rotatable bonds is 5. The van der Waals surface area contributed by atoms with E-state index < -0.39 is 0 Å². The van der Waals surface area contributed by atoms with Crippen molar-refractivity contribution in [2.45, 2.75) is 0 Å². The molecule has 0 spiro atoms. The smallest absolute Gasteiger partial charge is 0.272 e. The van der Waals surface area contributed by atoms with Crippen molar-refractivity contribution in [1.29, 1.82) is 0 Å². The lowest BCUT2D eigenvalue weighted by Crippen LogP contribution is -2.12. The number of anilines is 3. The van der Waals surface area contributed by atoms with Gasteiger partial charge >= 0.3 is 0 Å². The molecule has 0 saturated heterocycles. The molecule has 11 heteroatoms. The van der Waals surface area contributed by atoms with Gasteiger partial charge in [-0.05, 0) is 36.4 Å². The normalized spacial score (nSPS) is 11.1. The van der Waals surface area contributed by atoms with Crippen LogP contribution in [-0.2, 0) is 0 Å². The highest BCUT2D eigenvalue weighted by atomic mass is 35.5. The van der Waals surface area contributed by atoms with Crippen molar-refractivity contribution in [2.75, 3.05) is 10.6 Å². The van der Waals surface area contributed by atoms with Crippen LogP contribution in [0.3, 0.4) is 0 Å². The van der Waals surface area contributed by atoms with Gasteiger partial charge in [0.05, 0.1) is 23.6 Å². The highest BCUT2D eigenvalue weighted by molar-refractivity contribution is 6.29. The van der Waals surface area contributed by atoms with Gasteiger partial charge < -0.3 is 15.6 Å². The Kier molecular flexibility index (Phi) is 5.04. The van der Waals surface area contributed by atoms with E-state index in [1.54, 1.807) is 24.5 Å². The summed E-state index contributed by atoms with van der Waals surface area (Å²) in [7, 11) is 0. The highest BCUT2D eigenvalue weighted by Crippen LogP contribution is 2.25. The first-order chi connectivity index (χ1) is 17.1. The molecule has 35 heavy (non-hydrogen) atoms. The fourth-order valence-corrected chi connectivity index (χ4v) is 3.89. The topological polar surface area (TPSA) is 137 Å². The summed E-state index contributed by atoms with van der Waals surface area (Å²) in [4.78, 5) is 24.9. The van der Waals surface area contributed by atoms with E-state index in [-0.39, 0.29) is 11.1 Å². The Labute approximate surface area is 202 Å². The molecule has 0 fully saturated rings. The number of carbonyl (C=O) groups is 1. The molecule has 170 valence electrons. The van der Waals surface area contributed by atoms with Crippen LogP contribution in [0.2, 0.25) is 5.15 Å². The summed E-state index contributed by atoms with van der Waals surface area (Å²) in [6, 6.07) is 16.8. The van der Waals surface area contributed by atoms with Crippen LogP contribution in [0.5, 0.6) is 0 Å². The van der Waals surface area contributed by atoms with Crippen molar-refractivity contribution < 1.29 is 4.79 Å². The Morgan fingerprint density at radius 3 is 2.77 bits per heavy atom. The average Bonchev–Trinajstić information content (AvgIpc) is 3.50. The van der Waals surface area contributed by atoms with Gasteiger partial charge in [-0.15, -0.1) is 5.10 Å². The van der Waals surface area contributed by atoms with Crippen LogP contribution in [0.25, 0.3) is 33.2 Å². The summed E-state index contributed by atoms with van der Waals surface area (Å²) >= 11 is 5.84. The highest BCUT2D eigenvalue weighted by Gasteiger charge is 2.12. The predicted molar refractivity (Wildman–Crippen MR) is 134 cm³/mol. The average molecular weight is 482 g/mol. The Morgan fingerprint density at radius 1 is 0.914 bits per heavy atom. The first kappa shape index (κ1) is 20.8. The molecule has 0 aliphatic heterocycles. The Balaban J connectivity index is 1.25. The molecule has 4 aromatic heterocycles. The van der Waals surface area contributed by atoms with Crippen molar-refractivity contribution in [3.05, 3.63) is 84.0 Å². The van der Waals surface area contributed by atoms with E-state index in [1.807, 2.05) is 36.4 Å². The lowest BCUT2D eigenvalue weighted by Gasteiger charge is -2.07. The Morgan fingerprint density at radius 2 is 1.86 bits per heavy atom. The van der Waals surface area contributed by atoms with Crippen LogP contribution in [0, 0.1) is 0 Å². The third-order valence-electron chi connectivity index (χ3n) is 5.38. The standard InChI is InChI=1S/C24H16ClN9O/c25-21-10-17(12-28-34-21)30-24(35)20-8-13-1-2-14(9-19(13)31-20)23-26-6-5-22(32-23)29-16-3-4-18-15(7-16)11-27-33-18/h1-12,31H,(H,27,33)(H,26,29,32)(H,30,34,35). The molecule has 0 saturated carbocycles. The van der Waals surface area contributed by atoms with Crippen LogP contribution < -0.4 is 10.6 Å². The number of nitrogens with one attached hydrogen (secondary N) is 4. The molecular formula is C24H16ClN9O. The second-order valence-corrected chi connectivity index (χ2v) is 8.16. The number of halogens is 1. The minimum Gasteiger partial charge on any atom is -0.350 e. The van der Waals surface area contributed by atoms with Gasteiger partial charge in [0, 0.05) is 39.8 Å². The van der Waals surface area contributed by atoms with E-state index in [4.69, 9.17) is 11.6 Å². The molecule has 4 N–H and O–H groups in total. The molecule has 6 aromatic rings. The summed E-state index contributed by atoms with van der Waals surface area (Å²) < 4.78 is 0. The van der Waals surface area contributed by atoms with Gasteiger partial charge in [-0.2, -0.15) is 10.2 Å². The maximum atomic E-state index is 12.7. The zero-order valence-electron chi connectivity index (χ0n) is 18.0. The number of amides is 1. The SMILES string of the molecule is O=C(Nc1cnnc(Cl)c1)c1cc2ccc(-c3nccc(Nc4ccc5[nH]ncc5c4)n3)cc2[nH]1. The number of benzene rings is 2. The van der Waals surface area contributed by atoms with E-state index in [0.29, 0.717) is 23.0 Å². The maximum absolute atomic E-state index is 12.7. The van der Waals surface area contributed by atoms with Gasteiger partial charge in [-0.1, -0.05) is 23.7 Å². The van der Waals surface area contributed by atoms with Gasteiger partial charge in [0.2, 0.25) is 0 Å². The largest absolute Gasteiger partial charge is 0.350 e. The van der Waals surface area contributed by atoms with E-state index in [2.05, 4.69) is 46.0 Å². The van der Waals surface area contributed by atoms with E-state index in [1.165, 1.54) is 12.3 Å². The lowest BCUT2D eigenvalue weighted by atomic mass is 10.1. The van der Waals surface area contributed by atoms with E-state index in [9.17, 15) is 4.79 Å². The van der Waals surface area contributed by atoms with Gasteiger partial charge in [-0.25, -0.2) is 9.97 Å². The quantitative estimate of drug-likeness (QED) is 0.273. The van der Waals surface area contributed by atoms with Crippen molar-refractivity contribution in [3.8, 4) is 11.4 Å². The van der Waals surface area contributed by atoms with Crippen LogP contribution in [0.15, 0.2) is 73.2 Å². The Hall–Kier alpha value is -4.83. The molecule has 1 amide bonds. The van der Waals surface area contributed by atoms with Crippen LogP contribution in [0.1, 0.15) is 10.5 Å². The van der Waals surface area contributed by atoms with E-state index >= 15 is 0 Å². The summed E-state index contributed by atoms with van der Waals surface area (Å²) in [6.07, 6.45) is 4.90. The molecule has 0 aliphatic carbocycles. The minimum absolute atomic E-state index is 0.197. The number of carbonyl (C=O) groups excluding carboxylic acids is 1. The number of hydrogen-bond acceptors (Lipinski definition) is 7. The second-order valence-electron chi connectivity index (χ2n) is 7.77. The third-order valence-corrected chi connectivity index (χ3v) is 5.56. The molecule has 0 unspecified atom stereocenters. The summed E-state index contributed by atoms with van der Waals surface area (Å²) in [5.74, 6) is 0.900. The molecule has 6 rings (SSSR count). The molecule has 4 heterocycles. The summed E-state index contributed by atoms with van der Waals surface area (Å²) in [5.41, 5.74) is 4.31. The second kappa shape index (κ2) is 8.50. The van der Waals surface area contributed by atoms with Gasteiger partial charge in [0.1, 0.15) is 11.5 Å². The number of fused-ring (bicyclic) bond motifs is 2. The zero-order valence-corrected chi connectivity index (χ0v) is 18.7. The zero-order chi connectivity index (χ0) is 23.8. The predicted octanol–water partition coefficient (Wildman–Crippen LogP) is 4.94. The number of aromatic nitrogens is 7. The van der Waals surface area contributed by atoms with Crippen molar-refractivity contribution >= 4 is 56.5 Å². The molecule has 0 aliphatic rings. The molecular weight excluding hydrogens is 466 g/mol. The fraction of sp³-hybridized carbons (Fsp3) is 0. The lowest BCUT2D eigenvalue weighted by molar-refractivity contribution is 0.102. The Bertz CT molecular complexity index is 1710. The number of nitrogens with zero attached hydrogens (tertiary/aromatic N) is 5. The minimum atomic E-state index is -0.316. The summed E-state index contributed by atoms with van der Waals surface area (Å²) in [5, 5.41) is 22.5. The van der Waals surface area contributed by atoms with Crippen molar-refractivity contribution in [3.63, 3.8) is 0 Å². The number of hydrogen-bond donors (Lipinski definition) is 4. The molecule has 10 nitrogen and oxygen atoms in total. The van der Waals surface area contributed by atoms with Crippen molar-refractivity contribution in [2.24, 2.45) is 0 Å². The molecule has 0 radical (unpaired) electrons. The molecule has 0 atom stereocenters. The molecule has 0 bridgehead atoms. The summed E-state index contributed by atoms with van der Waals surface area (Å²) in [6.45, 7) is 0. The maximum Gasteiger partial charge on any atom is 0.272 e. The number of aromatic amines is 2. The van der Waals surface area contributed by atoms with Crippen LogP contribution in [0.4, 0.5) is 17.2 Å². The van der Waals surface area contributed by atoms with Crippen LogP contribution in [-0.4, -0.2) is 41.3 Å². The van der Waals surface area contributed by atoms with E-state index in [0.717, 1.165) is 33.1 Å². The van der Waals surface area contributed by atoms with Gasteiger partial charge in [0.15, 0.2) is 11.0 Å². The van der Waals surface area contributed by atoms with Gasteiger partial charge in [0.25, 0.3) is 5.91 Å². The van der Waals surface area contributed by atoms with Gasteiger partial charge in [-0.3, -0.25) is 9.89 Å². The number of H-pyrrole nitrogens is 2. The first-order valence-corrected chi connectivity index (χ1v) is 10.9. The fourth-order valence-electron chi connectivity index (χ4n) is 3.73. The monoisotopic (exact) mass is 481 g/mol. The van der Waals surface area contributed by atoms with Crippen LogP contribution >= 0.6 is 11.6 Å². The van der Waals surface area contributed by atoms with Crippen molar-refractivity contribution in [1.82, 2.24) is 35.3 Å². The third kappa shape index (κ3) is 4.25.